The average Bonchev–Trinajstić information content (AvgIpc) is 2.33. The summed E-state index contributed by atoms with van der Waals surface area (Å²) < 4.78 is 13.1. The number of hydrogen-bond donors (Lipinski definition) is 2. The number of carbonyl (C=O) groups is 1. The molecular formula is C12H16ClFN2O4. The van der Waals surface area contributed by atoms with Crippen molar-refractivity contribution in [1.29, 1.82) is 0 Å². The van der Waals surface area contributed by atoms with Crippen molar-refractivity contribution in [2.24, 2.45) is 0 Å². The quantitative estimate of drug-likeness (QED) is 0.596. The zero-order valence-electron chi connectivity index (χ0n) is 10.8. The van der Waals surface area contributed by atoms with Gasteiger partial charge in [0.15, 0.2) is 0 Å². The summed E-state index contributed by atoms with van der Waals surface area (Å²) in [7, 11) is 0. The molecule has 0 saturated carbocycles. The molecule has 0 fully saturated rings. The number of halogens is 2. The Hall–Kier alpha value is -1.73. The van der Waals surface area contributed by atoms with Crippen molar-refractivity contribution in [2.75, 3.05) is 0 Å². The predicted molar refractivity (Wildman–Crippen MR) is 73.5 cm³/mol. The molecule has 0 aliphatic heterocycles. The van der Waals surface area contributed by atoms with Crippen molar-refractivity contribution in [1.82, 2.24) is 5.32 Å². The monoisotopic (exact) mass is 306 g/mol. The van der Waals surface area contributed by atoms with Crippen molar-refractivity contribution in [3.8, 4) is 0 Å². The third-order valence-corrected chi connectivity index (χ3v) is 2.65. The fourth-order valence-electron chi connectivity index (χ4n) is 1.71. The van der Waals surface area contributed by atoms with Gasteiger partial charge in [-0.25, -0.2) is 4.39 Å². The second kappa shape index (κ2) is 8.44. The Morgan fingerprint density at radius 3 is 2.70 bits per heavy atom. The van der Waals surface area contributed by atoms with Crippen molar-refractivity contribution < 1.29 is 19.2 Å². The predicted octanol–water partition coefficient (Wildman–Crippen LogP) is 2.50. The van der Waals surface area contributed by atoms with E-state index in [0.29, 0.717) is 12.8 Å². The molecule has 0 saturated heterocycles. The lowest BCUT2D eigenvalue weighted by molar-refractivity contribution is -0.385. The lowest BCUT2D eigenvalue weighted by Crippen LogP contribution is -2.36. The number of carboxylic acids is 1. The highest BCUT2D eigenvalue weighted by molar-refractivity contribution is 5.85. The Labute approximate surface area is 121 Å². The third-order valence-electron chi connectivity index (χ3n) is 2.65. The molecule has 112 valence electrons. The van der Waals surface area contributed by atoms with E-state index in [1.807, 2.05) is 6.92 Å². The van der Waals surface area contributed by atoms with Gasteiger partial charge in [-0.3, -0.25) is 14.9 Å². The second-order valence-corrected chi connectivity index (χ2v) is 4.09. The van der Waals surface area contributed by atoms with Crippen LogP contribution in [-0.2, 0) is 11.3 Å². The molecular weight excluding hydrogens is 291 g/mol. The van der Waals surface area contributed by atoms with Gasteiger partial charge in [0.1, 0.15) is 11.9 Å². The third kappa shape index (κ3) is 5.10. The van der Waals surface area contributed by atoms with Crippen molar-refractivity contribution in [2.45, 2.75) is 32.4 Å². The summed E-state index contributed by atoms with van der Waals surface area (Å²) >= 11 is 0. The molecule has 1 aromatic carbocycles. The van der Waals surface area contributed by atoms with E-state index in [-0.39, 0.29) is 30.2 Å². The molecule has 0 amide bonds. The fraction of sp³-hybridized carbons (Fsp3) is 0.417. The van der Waals surface area contributed by atoms with Gasteiger partial charge in [0.05, 0.1) is 4.92 Å². The largest absolute Gasteiger partial charge is 0.480 e. The summed E-state index contributed by atoms with van der Waals surface area (Å²) in [6.45, 7) is 1.77. The van der Waals surface area contributed by atoms with Crippen LogP contribution in [0.1, 0.15) is 25.3 Å². The molecule has 0 heterocycles. The lowest BCUT2D eigenvalue weighted by atomic mass is 10.1. The Morgan fingerprint density at radius 1 is 1.55 bits per heavy atom. The van der Waals surface area contributed by atoms with Crippen LogP contribution in [0.25, 0.3) is 0 Å². The van der Waals surface area contributed by atoms with E-state index in [2.05, 4.69) is 5.32 Å². The molecule has 0 aliphatic rings. The smallest absolute Gasteiger partial charge is 0.320 e. The highest BCUT2D eigenvalue weighted by Gasteiger charge is 2.19. The van der Waals surface area contributed by atoms with Crippen LogP contribution < -0.4 is 5.32 Å². The van der Waals surface area contributed by atoms with Crippen molar-refractivity contribution in [3.05, 3.63) is 39.7 Å². The lowest BCUT2D eigenvalue weighted by Gasteiger charge is -2.13. The molecule has 1 unspecified atom stereocenters. The first-order chi connectivity index (χ1) is 8.95. The molecule has 0 spiro atoms. The molecule has 1 atom stereocenters. The van der Waals surface area contributed by atoms with E-state index in [0.717, 1.165) is 18.2 Å². The standard InChI is InChI=1S/C12H15FN2O4.ClH/c1-2-3-10(12(16)17)14-7-8-6-9(13)4-5-11(8)15(18)19;/h4-6,10,14H,2-3,7H2,1H3,(H,16,17);1H. The van der Waals surface area contributed by atoms with Crippen LogP contribution >= 0.6 is 12.4 Å². The minimum absolute atomic E-state index is 0. The van der Waals surface area contributed by atoms with Crippen LogP contribution in [0.3, 0.4) is 0 Å². The SMILES string of the molecule is CCCC(NCc1cc(F)ccc1[N+](=O)[O-])C(=O)O.Cl. The molecule has 20 heavy (non-hydrogen) atoms. The number of hydrogen-bond acceptors (Lipinski definition) is 4. The molecule has 8 heteroatoms. The normalized spacial score (nSPS) is 11.5. The van der Waals surface area contributed by atoms with E-state index in [9.17, 15) is 19.3 Å². The van der Waals surface area contributed by atoms with E-state index < -0.39 is 22.8 Å². The maximum Gasteiger partial charge on any atom is 0.320 e. The van der Waals surface area contributed by atoms with E-state index in [1.54, 1.807) is 0 Å². The number of nitro benzene ring substituents is 1. The van der Waals surface area contributed by atoms with Crippen LogP contribution in [0.5, 0.6) is 0 Å². The maximum absolute atomic E-state index is 13.1. The van der Waals surface area contributed by atoms with Crippen LogP contribution in [0.15, 0.2) is 18.2 Å². The zero-order chi connectivity index (χ0) is 14.4. The topological polar surface area (TPSA) is 92.5 Å². The van der Waals surface area contributed by atoms with Crippen LogP contribution in [0.4, 0.5) is 10.1 Å². The maximum atomic E-state index is 13.1. The number of benzene rings is 1. The molecule has 0 radical (unpaired) electrons. The van der Waals surface area contributed by atoms with Gasteiger partial charge in [0, 0.05) is 18.2 Å². The second-order valence-electron chi connectivity index (χ2n) is 4.09. The van der Waals surface area contributed by atoms with Gasteiger partial charge in [-0.1, -0.05) is 13.3 Å². The number of aliphatic carboxylic acids is 1. The Balaban J connectivity index is 0.00000361. The van der Waals surface area contributed by atoms with Crippen LogP contribution in [-0.4, -0.2) is 22.0 Å². The number of nitro groups is 1. The molecule has 0 aliphatic carbocycles. The molecule has 0 aromatic heterocycles. The van der Waals surface area contributed by atoms with Crippen molar-refractivity contribution in [3.63, 3.8) is 0 Å². The zero-order valence-corrected chi connectivity index (χ0v) is 11.7. The van der Waals surface area contributed by atoms with Crippen LogP contribution in [0, 0.1) is 15.9 Å². The fourth-order valence-corrected chi connectivity index (χ4v) is 1.71. The van der Waals surface area contributed by atoms with Gasteiger partial charge in [-0.15, -0.1) is 12.4 Å². The van der Waals surface area contributed by atoms with Crippen LogP contribution in [0.2, 0.25) is 0 Å². The Kier molecular flexibility index (Phi) is 7.71. The first-order valence-corrected chi connectivity index (χ1v) is 5.84. The number of carboxylic acid groups (broad SMARTS) is 1. The highest BCUT2D eigenvalue weighted by atomic mass is 35.5. The average molecular weight is 307 g/mol. The molecule has 2 N–H and O–H groups in total. The molecule has 1 aromatic rings. The first kappa shape index (κ1) is 18.3. The van der Waals surface area contributed by atoms with Gasteiger partial charge >= 0.3 is 5.97 Å². The molecule has 6 nitrogen and oxygen atoms in total. The van der Waals surface area contributed by atoms with Gasteiger partial charge in [-0.05, 0) is 18.6 Å². The summed E-state index contributed by atoms with van der Waals surface area (Å²) in [6.07, 6.45) is 1.06. The first-order valence-electron chi connectivity index (χ1n) is 5.84. The number of rotatable bonds is 7. The number of nitrogens with zero attached hydrogens (tertiary/aromatic N) is 1. The van der Waals surface area contributed by atoms with Gasteiger partial charge in [0.2, 0.25) is 0 Å². The van der Waals surface area contributed by atoms with E-state index >= 15 is 0 Å². The minimum atomic E-state index is -1.03. The van der Waals surface area contributed by atoms with E-state index in [4.69, 9.17) is 5.11 Å². The summed E-state index contributed by atoms with van der Waals surface area (Å²) in [4.78, 5) is 21.1. The summed E-state index contributed by atoms with van der Waals surface area (Å²) in [5, 5.41) is 22.4. The highest BCUT2D eigenvalue weighted by Crippen LogP contribution is 2.19. The molecule has 0 bridgehead atoms. The Morgan fingerprint density at radius 2 is 2.20 bits per heavy atom. The van der Waals surface area contributed by atoms with E-state index in [1.165, 1.54) is 0 Å². The molecule has 1 rings (SSSR count). The van der Waals surface area contributed by atoms with Gasteiger partial charge in [-0.2, -0.15) is 0 Å². The summed E-state index contributed by atoms with van der Waals surface area (Å²) in [5.41, 5.74) is -0.0955. The van der Waals surface area contributed by atoms with Gasteiger partial charge < -0.3 is 10.4 Å². The minimum Gasteiger partial charge on any atom is -0.480 e. The Bertz CT molecular complexity index is 485. The summed E-state index contributed by atoms with van der Waals surface area (Å²) in [6, 6.07) is 2.31. The van der Waals surface area contributed by atoms with Crippen molar-refractivity contribution >= 4 is 24.1 Å². The summed E-state index contributed by atoms with van der Waals surface area (Å²) in [5.74, 6) is -1.62. The number of nitrogens with one attached hydrogen (secondary N) is 1. The van der Waals surface area contributed by atoms with Gasteiger partial charge in [0.25, 0.3) is 5.69 Å².